The Labute approximate surface area is 137 Å². The largest absolute Gasteiger partial charge is 0.355 e. The molecular weight excluding hydrogens is 344 g/mol. The number of aromatic nitrogens is 2. The summed E-state index contributed by atoms with van der Waals surface area (Å²) in [5.74, 6) is 0.597. The summed E-state index contributed by atoms with van der Waals surface area (Å²) in [5.41, 5.74) is 2.09. The van der Waals surface area contributed by atoms with Crippen molar-refractivity contribution in [3.05, 3.63) is 46.1 Å². The molecule has 0 unspecified atom stereocenters. The van der Waals surface area contributed by atoms with Crippen molar-refractivity contribution < 1.29 is 4.79 Å². The first kappa shape index (κ1) is 15.0. The second-order valence-electron chi connectivity index (χ2n) is 5.38. The Morgan fingerprint density at radius 2 is 1.95 bits per heavy atom. The first-order chi connectivity index (χ1) is 10.6. The van der Waals surface area contributed by atoms with Gasteiger partial charge >= 0.3 is 0 Å². The van der Waals surface area contributed by atoms with Crippen molar-refractivity contribution in [2.45, 2.75) is 19.8 Å². The van der Waals surface area contributed by atoms with Gasteiger partial charge in [0.15, 0.2) is 11.5 Å². The fourth-order valence-corrected chi connectivity index (χ4v) is 2.99. The molecule has 0 saturated carbocycles. The third-order valence-corrected chi connectivity index (χ3v) is 4.24. The number of hydrogen-bond donors (Lipinski definition) is 1. The smallest absolute Gasteiger partial charge is 0.276 e. The number of nitrogens with one attached hydrogen (secondary N) is 1. The van der Waals surface area contributed by atoms with Crippen LogP contribution >= 0.6 is 15.9 Å². The summed E-state index contributed by atoms with van der Waals surface area (Å²) in [6.45, 7) is 3.97. The highest BCUT2D eigenvalue weighted by Crippen LogP contribution is 2.21. The van der Waals surface area contributed by atoms with E-state index in [1.54, 1.807) is 6.07 Å². The van der Waals surface area contributed by atoms with E-state index in [0.717, 1.165) is 34.6 Å². The van der Waals surface area contributed by atoms with Gasteiger partial charge in [-0.25, -0.2) is 0 Å². The van der Waals surface area contributed by atoms with Crippen LogP contribution in [-0.4, -0.2) is 29.2 Å². The standard InChI is InChI=1S/C16H17BrN4O/c1-11-10-12(17)4-5-13(11)18-16(22)14-6-7-15(20-19-14)21-8-2-3-9-21/h4-7,10H,2-3,8-9H2,1H3,(H,18,22). The van der Waals surface area contributed by atoms with Crippen molar-refractivity contribution in [3.8, 4) is 0 Å². The average molecular weight is 361 g/mol. The van der Waals surface area contributed by atoms with E-state index in [1.807, 2.05) is 31.2 Å². The van der Waals surface area contributed by atoms with Gasteiger partial charge in [0.25, 0.3) is 5.91 Å². The number of amides is 1. The molecule has 5 nitrogen and oxygen atoms in total. The molecule has 1 saturated heterocycles. The summed E-state index contributed by atoms with van der Waals surface area (Å²) in [6.07, 6.45) is 2.37. The average Bonchev–Trinajstić information content (AvgIpc) is 3.04. The van der Waals surface area contributed by atoms with Crippen LogP contribution in [0.1, 0.15) is 28.9 Å². The van der Waals surface area contributed by atoms with Crippen LogP contribution < -0.4 is 10.2 Å². The topological polar surface area (TPSA) is 58.1 Å². The molecule has 0 bridgehead atoms. The molecule has 0 radical (unpaired) electrons. The van der Waals surface area contributed by atoms with Crippen LogP contribution in [0.3, 0.4) is 0 Å². The van der Waals surface area contributed by atoms with Crippen molar-refractivity contribution >= 4 is 33.3 Å². The molecule has 3 rings (SSSR count). The van der Waals surface area contributed by atoms with Crippen LogP contribution in [0, 0.1) is 6.92 Å². The van der Waals surface area contributed by atoms with Crippen LogP contribution in [0.4, 0.5) is 11.5 Å². The molecular formula is C16H17BrN4O. The maximum atomic E-state index is 12.2. The quantitative estimate of drug-likeness (QED) is 0.911. The molecule has 1 aromatic carbocycles. The maximum absolute atomic E-state index is 12.2. The van der Waals surface area contributed by atoms with E-state index in [4.69, 9.17) is 0 Å². The Morgan fingerprint density at radius 3 is 2.59 bits per heavy atom. The first-order valence-corrected chi connectivity index (χ1v) is 8.09. The Balaban J connectivity index is 1.71. The minimum absolute atomic E-state index is 0.245. The third kappa shape index (κ3) is 3.27. The molecule has 2 aromatic rings. The number of halogens is 1. The lowest BCUT2D eigenvalue weighted by Crippen LogP contribution is -2.21. The predicted molar refractivity (Wildman–Crippen MR) is 90.3 cm³/mol. The molecule has 2 heterocycles. The monoisotopic (exact) mass is 360 g/mol. The lowest BCUT2D eigenvalue weighted by molar-refractivity contribution is 0.102. The summed E-state index contributed by atoms with van der Waals surface area (Å²) < 4.78 is 0.984. The van der Waals surface area contributed by atoms with E-state index < -0.39 is 0 Å². The number of aryl methyl sites for hydroxylation is 1. The number of hydrogen-bond acceptors (Lipinski definition) is 4. The molecule has 1 amide bonds. The van der Waals surface area contributed by atoms with Gasteiger partial charge in [-0.2, -0.15) is 0 Å². The second kappa shape index (κ2) is 6.44. The number of nitrogens with zero attached hydrogens (tertiary/aromatic N) is 3. The minimum atomic E-state index is -0.245. The van der Waals surface area contributed by atoms with Crippen LogP contribution in [0.25, 0.3) is 0 Å². The number of anilines is 2. The van der Waals surface area contributed by atoms with Gasteiger partial charge in [-0.05, 0) is 55.7 Å². The number of rotatable bonds is 3. The summed E-state index contributed by atoms with van der Waals surface area (Å²) in [6, 6.07) is 9.30. The van der Waals surface area contributed by atoms with Gasteiger partial charge in [0, 0.05) is 23.2 Å². The Kier molecular flexibility index (Phi) is 4.38. The second-order valence-corrected chi connectivity index (χ2v) is 6.30. The lowest BCUT2D eigenvalue weighted by Gasteiger charge is -2.15. The van der Waals surface area contributed by atoms with Crippen molar-refractivity contribution in [3.63, 3.8) is 0 Å². The summed E-state index contributed by atoms with van der Waals surface area (Å²) in [7, 11) is 0. The maximum Gasteiger partial charge on any atom is 0.276 e. The first-order valence-electron chi connectivity index (χ1n) is 7.30. The summed E-state index contributed by atoms with van der Waals surface area (Å²) in [4.78, 5) is 14.4. The fourth-order valence-electron chi connectivity index (χ4n) is 2.51. The third-order valence-electron chi connectivity index (χ3n) is 3.75. The highest BCUT2D eigenvalue weighted by molar-refractivity contribution is 9.10. The molecule has 1 aliphatic heterocycles. The van der Waals surface area contributed by atoms with Gasteiger partial charge < -0.3 is 10.2 Å². The van der Waals surface area contributed by atoms with Gasteiger partial charge in [-0.3, -0.25) is 4.79 Å². The van der Waals surface area contributed by atoms with E-state index in [2.05, 4.69) is 36.3 Å². The highest BCUT2D eigenvalue weighted by atomic mass is 79.9. The van der Waals surface area contributed by atoms with Gasteiger partial charge in [0.05, 0.1) is 0 Å². The molecule has 114 valence electrons. The van der Waals surface area contributed by atoms with Gasteiger partial charge in [-0.15, -0.1) is 10.2 Å². The molecule has 1 fully saturated rings. The van der Waals surface area contributed by atoms with Crippen LogP contribution in [-0.2, 0) is 0 Å². The number of carbonyl (C=O) groups excluding carboxylic acids is 1. The molecule has 1 aromatic heterocycles. The normalized spacial score (nSPS) is 14.2. The minimum Gasteiger partial charge on any atom is -0.355 e. The highest BCUT2D eigenvalue weighted by Gasteiger charge is 2.15. The van der Waals surface area contributed by atoms with E-state index in [0.29, 0.717) is 5.69 Å². The zero-order valence-electron chi connectivity index (χ0n) is 12.3. The van der Waals surface area contributed by atoms with E-state index in [1.165, 1.54) is 12.8 Å². The molecule has 0 spiro atoms. The van der Waals surface area contributed by atoms with E-state index in [-0.39, 0.29) is 5.91 Å². The summed E-state index contributed by atoms with van der Waals surface area (Å²) >= 11 is 3.41. The number of carbonyl (C=O) groups is 1. The fraction of sp³-hybridized carbons (Fsp3) is 0.312. The van der Waals surface area contributed by atoms with Crippen LogP contribution in [0.15, 0.2) is 34.8 Å². The Bertz CT molecular complexity index is 681. The van der Waals surface area contributed by atoms with Crippen LogP contribution in [0.2, 0.25) is 0 Å². The van der Waals surface area contributed by atoms with Gasteiger partial charge in [-0.1, -0.05) is 15.9 Å². The van der Waals surface area contributed by atoms with Gasteiger partial charge in [0.2, 0.25) is 0 Å². The Hall–Kier alpha value is -1.95. The van der Waals surface area contributed by atoms with Crippen molar-refractivity contribution in [2.24, 2.45) is 0 Å². The van der Waals surface area contributed by atoms with E-state index >= 15 is 0 Å². The molecule has 22 heavy (non-hydrogen) atoms. The number of benzene rings is 1. The van der Waals surface area contributed by atoms with Crippen molar-refractivity contribution in [1.82, 2.24) is 10.2 Å². The zero-order valence-corrected chi connectivity index (χ0v) is 13.9. The van der Waals surface area contributed by atoms with Crippen molar-refractivity contribution in [1.29, 1.82) is 0 Å². The summed E-state index contributed by atoms with van der Waals surface area (Å²) in [5, 5.41) is 11.1. The lowest BCUT2D eigenvalue weighted by atomic mass is 10.2. The molecule has 1 N–H and O–H groups in total. The SMILES string of the molecule is Cc1cc(Br)ccc1NC(=O)c1ccc(N2CCCC2)nn1. The van der Waals surface area contributed by atoms with Gasteiger partial charge in [0.1, 0.15) is 0 Å². The zero-order chi connectivity index (χ0) is 15.5. The molecule has 1 aliphatic rings. The molecule has 0 atom stereocenters. The van der Waals surface area contributed by atoms with E-state index in [9.17, 15) is 4.79 Å². The van der Waals surface area contributed by atoms with Crippen LogP contribution in [0.5, 0.6) is 0 Å². The predicted octanol–water partition coefficient (Wildman–Crippen LogP) is 3.40. The van der Waals surface area contributed by atoms with Crippen molar-refractivity contribution in [2.75, 3.05) is 23.3 Å². The molecule has 6 heteroatoms. The Morgan fingerprint density at radius 1 is 1.18 bits per heavy atom. The molecule has 0 aliphatic carbocycles.